The third-order valence-electron chi connectivity index (χ3n) is 3.14. The van der Waals surface area contributed by atoms with Crippen LogP contribution in [0.1, 0.15) is 11.3 Å². The van der Waals surface area contributed by atoms with Crippen molar-refractivity contribution in [2.75, 3.05) is 0 Å². The van der Waals surface area contributed by atoms with E-state index in [1.54, 1.807) is 18.2 Å². The van der Waals surface area contributed by atoms with Crippen LogP contribution in [0.25, 0.3) is 11.0 Å². The molecule has 114 valence electrons. The van der Waals surface area contributed by atoms with Crippen LogP contribution in [0.2, 0.25) is 0 Å². The maximum Gasteiger partial charge on any atom is 0.416 e. The van der Waals surface area contributed by atoms with E-state index < -0.39 is 11.7 Å². The van der Waals surface area contributed by atoms with Gasteiger partial charge in [0.1, 0.15) is 18.1 Å². The Hall–Kier alpha value is -2.63. The quantitative estimate of drug-likeness (QED) is 0.760. The molecule has 1 heterocycles. The summed E-state index contributed by atoms with van der Waals surface area (Å²) >= 11 is 0. The minimum absolute atomic E-state index is 0.0262. The second kappa shape index (κ2) is 5.29. The van der Waals surface area contributed by atoms with Gasteiger partial charge in [-0.3, -0.25) is 0 Å². The van der Waals surface area contributed by atoms with Crippen molar-refractivity contribution in [2.45, 2.75) is 12.8 Å². The number of halogens is 3. The van der Waals surface area contributed by atoms with Crippen LogP contribution in [0.5, 0.6) is 11.5 Å². The normalized spacial score (nSPS) is 11.8. The molecular formula is C16H11F3O3. The average molecular weight is 308 g/mol. The van der Waals surface area contributed by atoms with E-state index in [4.69, 9.17) is 9.15 Å². The highest BCUT2D eigenvalue weighted by molar-refractivity contribution is 5.83. The van der Waals surface area contributed by atoms with Crippen molar-refractivity contribution in [3.63, 3.8) is 0 Å². The number of phenolic OH excluding ortho intramolecular Hbond substituents is 1. The number of rotatable bonds is 3. The summed E-state index contributed by atoms with van der Waals surface area (Å²) in [6.07, 6.45) is -4.37. The van der Waals surface area contributed by atoms with Crippen molar-refractivity contribution >= 4 is 11.0 Å². The lowest BCUT2D eigenvalue weighted by Crippen LogP contribution is -2.04. The summed E-state index contributed by atoms with van der Waals surface area (Å²) < 4.78 is 48.2. The monoisotopic (exact) mass is 308 g/mol. The molecule has 0 amide bonds. The first-order valence-electron chi connectivity index (χ1n) is 6.44. The third-order valence-corrected chi connectivity index (χ3v) is 3.14. The van der Waals surface area contributed by atoms with Gasteiger partial charge in [0.15, 0.2) is 11.3 Å². The second-order valence-corrected chi connectivity index (χ2v) is 4.72. The highest BCUT2D eigenvalue weighted by Gasteiger charge is 2.30. The third kappa shape index (κ3) is 2.86. The van der Waals surface area contributed by atoms with E-state index in [0.29, 0.717) is 17.1 Å². The van der Waals surface area contributed by atoms with Crippen LogP contribution < -0.4 is 4.74 Å². The molecule has 0 aliphatic rings. The lowest BCUT2D eigenvalue weighted by Gasteiger charge is -2.08. The molecule has 0 spiro atoms. The Bertz CT molecular complexity index is 788. The molecule has 0 atom stereocenters. The summed E-state index contributed by atoms with van der Waals surface area (Å²) in [7, 11) is 0. The van der Waals surface area contributed by atoms with E-state index >= 15 is 0 Å². The van der Waals surface area contributed by atoms with E-state index in [1.165, 1.54) is 18.2 Å². The molecule has 1 aromatic heterocycles. The highest BCUT2D eigenvalue weighted by Crippen LogP contribution is 2.31. The number of ether oxygens (including phenoxy) is 1. The summed E-state index contributed by atoms with van der Waals surface area (Å²) in [5, 5.41) is 10.4. The second-order valence-electron chi connectivity index (χ2n) is 4.72. The molecule has 0 aliphatic heterocycles. The average Bonchev–Trinajstić information content (AvgIpc) is 2.89. The van der Waals surface area contributed by atoms with E-state index in [2.05, 4.69) is 0 Å². The van der Waals surface area contributed by atoms with Gasteiger partial charge >= 0.3 is 6.18 Å². The number of hydrogen-bond donors (Lipinski definition) is 1. The minimum Gasteiger partial charge on any atom is -0.504 e. The lowest BCUT2D eigenvalue weighted by molar-refractivity contribution is -0.137. The molecule has 2 aromatic carbocycles. The van der Waals surface area contributed by atoms with E-state index in [-0.39, 0.29) is 12.4 Å². The van der Waals surface area contributed by atoms with Crippen LogP contribution in [0.4, 0.5) is 13.2 Å². The first kappa shape index (κ1) is 14.3. The molecule has 0 aliphatic carbocycles. The predicted octanol–water partition coefficient (Wildman–Crippen LogP) is 4.74. The standard InChI is InChI=1S/C16H11F3O3/c17-16(18,19)11-4-6-12(7-5-11)21-9-13-8-10-2-1-3-14(20)15(10)22-13/h1-8,20H,9H2. The zero-order chi connectivity index (χ0) is 15.7. The predicted molar refractivity (Wildman–Crippen MR) is 73.7 cm³/mol. The van der Waals surface area contributed by atoms with Crippen molar-refractivity contribution in [3.8, 4) is 11.5 Å². The Morgan fingerprint density at radius 3 is 2.41 bits per heavy atom. The van der Waals surface area contributed by atoms with Crippen LogP contribution in [0.15, 0.2) is 52.9 Å². The first-order chi connectivity index (χ1) is 10.4. The van der Waals surface area contributed by atoms with Crippen LogP contribution >= 0.6 is 0 Å². The smallest absolute Gasteiger partial charge is 0.416 e. The molecule has 0 fully saturated rings. The number of fused-ring (bicyclic) bond motifs is 1. The Labute approximate surface area is 123 Å². The van der Waals surface area contributed by atoms with Crippen molar-refractivity contribution in [3.05, 3.63) is 59.9 Å². The van der Waals surface area contributed by atoms with Gasteiger partial charge in [0.05, 0.1) is 5.56 Å². The maximum atomic E-state index is 12.4. The van der Waals surface area contributed by atoms with Gasteiger partial charge in [-0.05, 0) is 36.4 Å². The SMILES string of the molecule is Oc1cccc2cc(COc3ccc(C(F)(F)F)cc3)oc12. The molecule has 3 rings (SSSR count). The van der Waals surface area contributed by atoms with E-state index in [0.717, 1.165) is 17.5 Å². The van der Waals surface area contributed by atoms with Gasteiger partial charge in [0.2, 0.25) is 0 Å². The maximum absolute atomic E-state index is 12.4. The van der Waals surface area contributed by atoms with Crippen molar-refractivity contribution in [2.24, 2.45) is 0 Å². The number of hydrogen-bond acceptors (Lipinski definition) is 3. The van der Waals surface area contributed by atoms with E-state index in [9.17, 15) is 18.3 Å². The highest BCUT2D eigenvalue weighted by atomic mass is 19.4. The zero-order valence-electron chi connectivity index (χ0n) is 11.2. The summed E-state index contributed by atoms with van der Waals surface area (Å²) in [5.41, 5.74) is -0.373. The van der Waals surface area contributed by atoms with Crippen LogP contribution in [-0.4, -0.2) is 5.11 Å². The van der Waals surface area contributed by atoms with Crippen molar-refractivity contribution < 1.29 is 27.4 Å². The van der Waals surface area contributed by atoms with Gasteiger partial charge in [-0.1, -0.05) is 12.1 Å². The van der Waals surface area contributed by atoms with Gasteiger partial charge in [0, 0.05) is 5.39 Å². The summed E-state index contributed by atoms with van der Waals surface area (Å²) in [4.78, 5) is 0. The van der Waals surface area contributed by atoms with Crippen molar-refractivity contribution in [1.29, 1.82) is 0 Å². The van der Waals surface area contributed by atoms with Crippen LogP contribution in [0, 0.1) is 0 Å². The fraction of sp³-hybridized carbons (Fsp3) is 0.125. The minimum atomic E-state index is -4.37. The Morgan fingerprint density at radius 1 is 1.05 bits per heavy atom. The summed E-state index contributed by atoms with van der Waals surface area (Å²) in [6, 6.07) is 11.1. The topological polar surface area (TPSA) is 42.6 Å². The number of aromatic hydroxyl groups is 1. The van der Waals surface area contributed by atoms with E-state index in [1.807, 2.05) is 0 Å². The van der Waals surface area contributed by atoms with Crippen molar-refractivity contribution in [1.82, 2.24) is 0 Å². The molecule has 0 bridgehead atoms. The Morgan fingerprint density at radius 2 is 1.77 bits per heavy atom. The molecule has 0 radical (unpaired) electrons. The number of benzene rings is 2. The molecule has 0 unspecified atom stereocenters. The first-order valence-corrected chi connectivity index (χ1v) is 6.44. The van der Waals surface area contributed by atoms with Gasteiger partial charge < -0.3 is 14.3 Å². The number of para-hydroxylation sites is 1. The molecular weight excluding hydrogens is 297 g/mol. The van der Waals surface area contributed by atoms with Crippen LogP contribution in [0.3, 0.4) is 0 Å². The number of phenols is 1. The molecule has 3 nitrogen and oxygen atoms in total. The van der Waals surface area contributed by atoms with Gasteiger partial charge in [-0.25, -0.2) is 0 Å². The fourth-order valence-corrected chi connectivity index (χ4v) is 2.07. The van der Waals surface area contributed by atoms with Gasteiger partial charge in [-0.15, -0.1) is 0 Å². The lowest BCUT2D eigenvalue weighted by atomic mass is 10.2. The number of alkyl halides is 3. The Balaban J connectivity index is 1.72. The van der Waals surface area contributed by atoms with Gasteiger partial charge in [-0.2, -0.15) is 13.2 Å². The molecule has 22 heavy (non-hydrogen) atoms. The summed E-state index contributed by atoms with van der Waals surface area (Å²) in [5.74, 6) is 0.798. The molecule has 1 N–H and O–H groups in total. The molecule has 0 saturated carbocycles. The Kier molecular flexibility index (Phi) is 3.44. The zero-order valence-corrected chi connectivity index (χ0v) is 11.2. The van der Waals surface area contributed by atoms with Crippen LogP contribution in [-0.2, 0) is 12.8 Å². The molecule has 6 heteroatoms. The van der Waals surface area contributed by atoms with Gasteiger partial charge in [0.25, 0.3) is 0 Å². The fourth-order valence-electron chi connectivity index (χ4n) is 2.07. The number of furan rings is 1. The largest absolute Gasteiger partial charge is 0.504 e. The summed E-state index contributed by atoms with van der Waals surface area (Å²) in [6.45, 7) is 0.0550. The molecule has 0 saturated heterocycles. The molecule has 3 aromatic rings.